The van der Waals surface area contributed by atoms with Gasteiger partial charge in [-0.15, -0.1) is 0 Å². The lowest BCUT2D eigenvalue weighted by Gasteiger charge is -2.32. The van der Waals surface area contributed by atoms with Gasteiger partial charge < -0.3 is 107 Å². The highest BCUT2D eigenvalue weighted by atomic mass is 16.5. The summed E-state index contributed by atoms with van der Waals surface area (Å²) in [7, 11) is 0. The number of nitrogens with zero attached hydrogens (tertiary/aromatic N) is 1. The highest BCUT2D eigenvalue weighted by Gasteiger charge is 2.48. The van der Waals surface area contributed by atoms with Crippen molar-refractivity contribution in [2.45, 2.75) is 263 Å². The van der Waals surface area contributed by atoms with Crippen LogP contribution in [0.15, 0.2) is 30.3 Å². The molecule has 0 saturated carbocycles. The van der Waals surface area contributed by atoms with Crippen molar-refractivity contribution in [2.75, 3.05) is 39.3 Å². The van der Waals surface area contributed by atoms with Crippen LogP contribution < -0.4 is 86.7 Å². The van der Waals surface area contributed by atoms with Crippen molar-refractivity contribution in [3.8, 4) is 0 Å². The lowest BCUT2D eigenvalue weighted by Crippen LogP contribution is -2.61. The van der Waals surface area contributed by atoms with E-state index in [2.05, 4.69) is 63.8 Å². The van der Waals surface area contributed by atoms with Gasteiger partial charge in [-0.05, 0) is 151 Å². The van der Waals surface area contributed by atoms with Crippen LogP contribution in [-0.2, 0) is 67.1 Å². The molecular weight excluding hydrogens is 1360 g/mol. The van der Waals surface area contributed by atoms with Gasteiger partial charge in [0.05, 0.1) is 0 Å². The molecule has 2 bridgehead atoms. The summed E-state index contributed by atoms with van der Waals surface area (Å²) in [5.41, 5.74) is 24.0. The van der Waals surface area contributed by atoms with Crippen LogP contribution in [-0.4, -0.2) is 222 Å². The molecule has 22 N–H and O–H groups in total. The number of benzene rings is 1. The number of aliphatic hydroxyl groups excluding tert-OH is 2. The number of carbonyl (C=O) groups excluding carboxylic acids is 13. The summed E-state index contributed by atoms with van der Waals surface area (Å²) in [5, 5.41) is 55.3. The van der Waals surface area contributed by atoms with Crippen molar-refractivity contribution in [1.82, 2.24) is 68.7 Å². The van der Waals surface area contributed by atoms with Crippen LogP contribution in [0.4, 0.5) is 0 Å². The minimum absolute atomic E-state index is 0.00839. The maximum absolute atomic E-state index is 15.1. The average Bonchev–Trinajstić information content (AvgIpc) is 1.71. The first kappa shape index (κ1) is 89.4. The minimum atomic E-state index is -1.88. The molecule has 3 aliphatic heterocycles. The molecule has 592 valence electrons. The summed E-state index contributed by atoms with van der Waals surface area (Å²) in [6, 6.07) is -7.55. The molecule has 1 aromatic rings. The molecule has 33 nitrogen and oxygen atoms in total. The van der Waals surface area contributed by atoms with Gasteiger partial charge in [-0.25, -0.2) is 0 Å². The molecule has 3 aliphatic rings. The molecule has 0 aliphatic carbocycles. The third-order valence-corrected chi connectivity index (χ3v) is 18.7. The number of hydrogen-bond acceptors (Lipinski definition) is 20. The Hall–Kier alpha value is -7.95. The first-order valence-corrected chi connectivity index (χ1v) is 37.4. The van der Waals surface area contributed by atoms with Crippen LogP contribution in [0.5, 0.6) is 0 Å². The van der Waals surface area contributed by atoms with Crippen LogP contribution in [0.1, 0.15) is 178 Å². The van der Waals surface area contributed by atoms with Gasteiger partial charge in [0.15, 0.2) is 6.10 Å². The zero-order chi connectivity index (χ0) is 78.5. The van der Waals surface area contributed by atoms with Crippen LogP contribution in [0.2, 0.25) is 0 Å². The first-order valence-electron chi connectivity index (χ1n) is 37.4. The van der Waals surface area contributed by atoms with E-state index in [1.54, 1.807) is 99.6 Å². The fraction of sp³-hybridized carbons (Fsp3) is 0.736. The number of hydrogen-bond donors (Lipinski definition) is 18. The topological polar surface area (TPSA) is 523 Å². The highest BCUT2D eigenvalue weighted by Crippen LogP contribution is 2.27. The van der Waals surface area contributed by atoms with Crippen molar-refractivity contribution >= 4 is 76.8 Å². The summed E-state index contributed by atoms with van der Waals surface area (Å²) in [6.45, 7) is 20.6. The second-order valence-corrected chi connectivity index (χ2v) is 30.1. The molecule has 3 heterocycles. The number of rotatable bonds is 22. The molecule has 0 aromatic heterocycles. The zero-order valence-electron chi connectivity index (χ0n) is 63.4. The minimum Gasteiger partial charge on any atom is -0.388 e. The Bertz CT molecular complexity index is 3050. The Kier molecular flexibility index (Phi) is 37.7. The third kappa shape index (κ3) is 27.7. The molecule has 13 amide bonds. The van der Waals surface area contributed by atoms with E-state index in [1.807, 2.05) is 13.8 Å². The fourth-order valence-corrected chi connectivity index (χ4v) is 12.8. The first-order chi connectivity index (χ1) is 49.6. The average molecular weight is 1480 g/mol. The van der Waals surface area contributed by atoms with E-state index in [0.717, 1.165) is 0 Å². The number of fused-ring (bicyclic) bond motifs is 3. The van der Waals surface area contributed by atoms with Crippen molar-refractivity contribution in [3.05, 3.63) is 35.9 Å². The maximum atomic E-state index is 15.1. The van der Waals surface area contributed by atoms with Crippen LogP contribution >= 0.6 is 0 Å². The van der Waals surface area contributed by atoms with E-state index in [1.165, 1.54) is 4.90 Å². The predicted molar refractivity (Wildman–Crippen MR) is 391 cm³/mol. The SMILES string of the molecule is CC(C)C[C@@H]1NC(=O)[C@H](CCCN)NC(=O)[C@H](C(C)C)NC(=O)[C@H]2CCCN2C(=O)[C@@H](c2ccccc2)NC(=O)[C@H](CC(C)C)NC(=O)[C@H](CCCN)NC(=O)[C@H](C(C)C)NC(=O)[C@H](CCCN)NC(=O)[C@H](CC(C)C)NC(=O)[C@@H]2O[C@H](CNC(=O)[C@H](C(C)C)NC(=O)[C@H](CCCN)NC1=O)[C@@H](O)[C@@H]2O. The number of nitrogens with one attached hydrogen (secondary N) is 12. The number of ether oxygens (including phenoxy) is 1. The molecule has 0 unspecified atom stereocenters. The molecule has 3 saturated heterocycles. The number of aliphatic hydroxyl groups is 2. The molecular formula is C72H123N17O16. The standard InChI is InChI=1S/C72H123N17O16/c1-37(2)33-48-64(96)78-46(25-18-30-75)62(94)85-53(40(7)8)68(100)77-36-52-57(90)58(91)59(105-52)71(103)84-49(34-38(3)4)65(97)79-47(26-19-31-76)63(95)86-54(41(9)10)69(101)80-45(24-17-29-74)61(93)83-50(35-39(5)6)66(98)88-56(43-21-14-13-15-22-43)72(104)89-32-20-27-51(89)67(99)87-55(42(11)12)70(102)81-44(23-16-28-73)60(92)82-48/h13-15,21-22,37-42,44-59,90-91H,16-20,23-36,73-76H2,1-12H3,(H,77,100)(H,78,96)(H,79,97)(H,80,101)(H,81,102)(H,82,92)(H,83,93)(H,84,103)(H,85,94)(H,86,95)(H,87,99)(H,88,98)/t44-,45-,46-,47-,48-,49-,50-,51+,52+,53-,54-,55-,56+,57+,58-,59+/m0/s1. The van der Waals surface area contributed by atoms with Crippen molar-refractivity contribution in [3.63, 3.8) is 0 Å². The van der Waals surface area contributed by atoms with E-state index < -0.39 is 198 Å². The quantitative estimate of drug-likeness (QED) is 0.0564. The second-order valence-electron chi connectivity index (χ2n) is 30.1. The summed E-state index contributed by atoms with van der Waals surface area (Å²) in [6.07, 6.45) is -5.49. The Balaban J connectivity index is 1.83. The van der Waals surface area contributed by atoms with Gasteiger partial charge in [0.25, 0.3) is 5.91 Å². The lowest BCUT2D eigenvalue weighted by molar-refractivity contribution is -0.143. The van der Waals surface area contributed by atoms with Crippen LogP contribution in [0.3, 0.4) is 0 Å². The normalized spacial score (nSPS) is 28.8. The molecule has 16 atom stereocenters. The zero-order valence-corrected chi connectivity index (χ0v) is 63.4. The molecule has 3 fully saturated rings. The Morgan fingerprint density at radius 1 is 0.410 bits per heavy atom. The van der Waals surface area contributed by atoms with Crippen LogP contribution in [0.25, 0.3) is 0 Å². The summed E-state index contributed by atoms with van der Waals surface area (Å²) < 4.78 is 5.86. The molecule has 4 rings (SSSR count). The third-order valence-electron chi connectivity index (χ3n) is 18.7. The van der Waals surface area contributed by atoms with Gasteiger partial charge in [0.2, 0.25) is 70.9 Å². The van der Waals surface area contributed by atoms with Crippen LogP contribution in [0, 0.1) is 35.5 Å². The molecule has 0 spiro atoms. The second kappa shape index (κ2) is 44.2. The van der Waals surface area contributed by atoms with Gasteiger partial charge in [-0.2, -0.15) is 0 Å². The van der Waals surface area contributed by atoms with E-state index in [-0.39, 0.29) is 128 Å². The van der Waals surface area contributed by atoms with Gasteiger partial charge in [0.1, 0.15) is 90.8 Å². The van der Waals surface area contributed by atoms with E-state index in [4.69, 9.17) is 27.7 Å². The fourth-order valence-electron chi connectivity index (χ4n) is 12.8. The number of carbonyl (C=O) groups is 13. The van der Waals surface area contributed by atoms with Gasteiger partial charge in [-0.3, -0.25) is 62.3 Å². The van der Waals surface area contributed by atoms with Crippen molar-refractivity contribution < 1.29 is 77.3 Å². The maximum Gasteiger partial charge on any atom is 0.252 e. The van der Waals surface area contributed by atoms with Gasteiger partial charge in [-0.1, -0.05) is 113 Å². The van der Waals surface area contributed by atoms with Crippen molar-refractivity contribution in [2.24, 2.45) is 58.4 Å². The Morgan fingerprint density at radius 2 is 0.743 bits per heavy atom. The molecule has 1 aromatic carbocycles. The summed E-state index contributed by atoms with van der Waals surface area (Å²) in [5.74, 6) is -12.9. The molecule has 33 heteroatoms. The Morgan fingerprint density at radius 3 is 1.12 bits per heavy atom. The largest absolute Gasteiger partial charge is 0.388 e. The highest BCUT2D eigenvalue weighted by molar-refractivity contribution is 6.00. The summed E-state index contributed by atoms with van der Waals surface area (Å²) in [4.78, 5) is 190. The smallest absolute Gasteiger partial charge is 0.252 e. The lowest BCUT2D eigenvalue weighted by atomic mass is 9.99. The number of nitrogens with two attached hydrogens (primary N) is 4. The van der Waals surface area contributed by atoms with Crippen molar-refractivity contribution in [1.29, 1.82) is 0 Å². The van der Waals surface area contributed by atoms with E-state index >= 15 is 4.79 Å². The Labute approximate surface area is 617 Å². The molecule has 0 radical (unpaired) electrons. The van der Waals surface area contributed by atoms with E-state index in [9.17, 15) is 67.7 Å². The summed E-state index contributed by atoms with van der Waals surface area (Å²) >= 11 is 0. The van der Waals surface area contributed by atoms with E-state index in [0.29, 0.717) is 12.0 Å². The molecule has 105 heavy (non-hydrogen) atoms. The monoisotopic (exact) mass is 1480 g/mol. The van der Waals surface area contributed by atoms with Gasteiger partial charge >= 0.3 is 0 Å². The predicted octanol–water partition coefficient (Wildman–Crippen LogP) is -2.64. The number of amides is 13. The van der Waals surface area contributed by atoms with Gasteiger partial charge in [0, 0.05) is 13.1 Å².